The normalized spacial score (nSPS) is 11.5. The zero-order valence-corrected chi connectivity index (χ0v) is 15.4. The molecule has 3 aromatic rings. The van der Waals surface area contributed by atoms with Gasteiger partial charge in [-0.1, -0.05) is 37.9 Å². The van der Waals surface area contributed by atoms with E-state index in [1.54, 1.807) is 11.9 Å². The van der Waals surface area contributed by atoms with Crippen molar-refractivity contribution in [3.05, 3.63) is 54.5 Å². The molecule has 0 saturated carbocycles. The fourth-order valence-electron chi connectivity index (χ4n) is 3.12. The number of rotatable bonds is 7. The maximum absolute atomic E-state index is 4.12. The highest BCUT2D eigenvalue weighted by molar-refractivity contribution is 7.96. The average Bonchev–Trinajstić information content (AvgIpc) is 2.92. The molecule has 3 rings (SSSR count). The molecule has 0 amide bonds. The smallest absolute Gasteiger partial charge is 0.0489 e. The van der Waals surface area contributed by atoms with E-state index >= 15 is 0 Å². The summed E-state index contributed by atoms with van der Waals surface area (Å²) in [5.74, 6) is 0.627. The van der Waals surface area contributed by atoms with Crippen molar-refractivity contribution in [1.29, 1.82) is 0 Å². The molecule has 126 valence electrons. The largest absolute Gasteiger partial charge is 0.347 e. The molecule has 3 nitrogen and oxygen atoms in total. The van der Waals surface area contributed by atoms with E-state index < -0.39 is 0 Å². The Hall–Kier alpha value is -1.78. The minimum absolute atomic E-state index is 0.627. The molecule has 0 fully saturated rings. The summed E-state index contributed by atoms with van der Waals surface area (Å²) in [6.45, 7) is 6.58. The highest BCUT2D eigenvalue weighted by Crippen LogP contribution is 2.28. The minimum atomic E-state index is 0.627. The zero-order chi connectivity index (χ0) is 16.9. The molecule has 0 aliphatic heterocycles. The third-order valence-corrected chi connectivity index (χ3v) is 4.67. The molecule has 1 N–H and O–H groups in total. The highest BCUT2D eigenvalue weighted by Gasteiger charge is 2.11. The van der Waals surface area contributed by atoms with Crippen LogP contribution >= 0.6 is 11.9 Å². The molecule has 1 aromatic carbocycles. The Labute approximate surface area is 148 Å². The summed E-state index contributed by atoms with van der Waals surface area (Å²) in [4.78, 5) is 4.12. The molecule has 0 radical (unpaired) electrons. The van der Waals surface area contributed by atoms with Gasteiger partial charge in [-0.05, 0) is 53.5 Å². The van der Waals surface area contributed by atoms with E-state index in [2.05, 4.69) is 70.9 Å². The van der Waals surface area contributed by atoms with Crippen LogP contribution in [0.3, 0.4) is 0 Å². The van der Waals surface area contributed by atoms with Crippen molar-refractivity contribution in [2.24, 2.45) is 5.92 Å². The monoisotopic (exact) mass is 339 g/mol. The Bertz CT molecular complexity index is 793. The summed E-state index contributed by atoms with van der Waals surface area (Å²) in [5, 5.41) is 1.37. The molecule has 0 saturated heterocycles. The Morgan fingerprint density at radius 3 is 2.62 bits per heavy atom. The van der Waals surface area contributed by atoms with Gasteiger partial charge < -0.3 is 4.57 Å². The maximum atomic E-state index is 4.12. The van der Waals surface area contributed by atoms with E-state index in [1.807, 2.05) is 12.4 Å². The number of pyridine rings is 1. The van der Waals surface area contributed by atoms with Gasteiger partial charge in [-0.3, -0.25) is 9.71 Å². The molecule has 0 aliphatic rings. The first-order valence-corrected chi connectivity index (χ1v) is 9.69. The zero-order valence-electron chi connectivity index (χ0n) is 14.6. The second kappa shape index (κ2) is 7.86. The maximum Gasteiger partial charge on any atom is 0.0489 e. The molecule has 4 heteroatoms. The summed E-state index contributed by atoms with van der Waals surface area (Å²) < 4.78 is 5.76. The van der Waals surface area contributed by atoms with Crippen molar-refractivity contribution >= 4 is 22.9 Å². The molecule has 2 heterocycles. The van der Waals surface area contributed by atoms with Gasteiger partial charge >= 0.3 is 0 Å². The Kier molecular flexibility index (Phi) is 5.59. The highest BCUT2D eigenvalue weighted by atomic mass is 32.2. The fourth-order valence-corrected chi connectivity index (χ4v) is 3.43. The van der Waals surface area contributed by atoms with Crippen LogP contribution in [0.1, 0.15) is 19.4 Å². The first kappa shape index (κ1) is 17.1. The molecule has 2 aromatic heterocycles. The van der Waals surface area contributed by atoms with E-state index in [1.165, 1.54) is 27.6 Å². The quantitative estimate of drug-likeness (QED) is 0.497. The number of nitrogens with one attached hydrogen (secondary N) is 1. The van der Waals surface area contributed by atoms with Gasteiger partial charge in [0.2, 0.25) is 0 Å². The molecular formula is C20H25N3S. The summed E-state index contributed by atoms with van der Waals surface area (Å²) in [7, 11) is 0. The lowest BCUT2D eigenvalue weighted by atomic mass is 10.0. The third-order valence-electron chi connectivity index (χ3n) is 4.18. The van der Waals surface area contributed by atoms with Gasteiger partial charge in [0.25, 0.3) is 0 Å². The lowest BCUT2D eigenvalue weighted by molar-refractivity contribution is 0.534. The van der Waals surface area contributed by atoms with Gasteiger partial charge in [0, 0.05) is 42.6 Å². The minimum Gasteiger partial charge on any atom is -0.347 e. The molecule has 0 bridgehead atoms. The van der Waals surface area contributed by atoms with E-state index in [-0.39, 0.29) is 0 Å². The van der Waals surface area contributed by atoms with Crippen molar-refractivity contribution in [3.63, 3.8) is 0 Å². The van der Waals surface area contributed by atoms with E-state index in [4.69, 9.17) is 0 Å². The van der Waals surface area contributed by atoms with Crippen LogP contribution in [-0.2, 0) is 13.0 Å². The van der Waals surface area contributed by atoms with Gasteiger partial charge in [0.1, 0.15) is 0 Å². The van der Waals surface area contributed by atoms with Crippen molar-refractivity contribution in [2.75, 3.05) is 12.8 Å². The number of benzene rings is 1. The van der Waals surface area contributed by atoms with Crippen LogP contribution in [0.2, 0.25) is 0 Å². The standard InChI is InChI=1S/C20H25N3S/c1-15(2)13-23-14-18(8-11-22-24-3)19-5-4-17(12-20(19)23)16-6-9-21-10-7-16/h4-7,9-10,12,14-15,22H,8,11,13H2,1-3H3. The second-order valence-electron chi connectivity index (χ2n) is 6.52. The van der Waals surface area contributed by atoms with Crippen molar-refractivity contribution < 1.29 is 0 Å². The number of hydrogen-bond donors (Lipinski definition) is 1. The Morgan fingerprint density at radius 1 is 1.12 bits per heavy atom. The van der Waals surface area contributed by atoms with Gasteiger partial charge in [0.05, 0.1) is 0 Å². The molecule has 0 aliphatic carbocycles. The first-order chi connectivity index (χ1) is 11.7. The Balaban J connectivity index is 2.02. The lowest BCUT2D eigenvalue weighted by Gasteiger charge is -2.09. The van der Waals surface area contributed by atoms with Crippen LogP contribution < -0.4 is 4.72 Å². The molecule has 0 spiro atoms. The van der Waals surface area contributed by atoms with Crippen LogP contribution in [0.25, 0.3) is 22.0 Å². The van der Waals surface area contributed by atoms with E-state index in [0.29, 0.717) is 5.92 Å². The molecule has 0 atom stereocenters. The lowest BCUT2D eigenvalue weighted by Crippen LogP contribution is -2.07. The number of nitrogens with zero attached hydrogens (tertiary/aromatic N) is 2. The van der Waals surface area contributed by atoms with Crippen LogP contribution in [0, 0.1) is 5.92 Å². The van der Waals surface area contributed by atoms with Crippen LogP contribution in [-0.4, -0.2) is 22.4 Å². The van der Waals surface area contributed by atoms with Gasteiger partial charge in [0.15, 0.2) is 0 Å². The molecule has 0 unspecified atom stereocenters. The van der Waals surface area contributed by atoms with Gasteiger partial charge in [-0.15, -0.1) is 0 Å². The second-order valence-corrected chi connectivity index (χ2v) is 7.21. The first-order valence-electron chi connectivity index (χ1n) is 8.47. The van der Waals surface area contributed by atoms with Crippen molar-refractivity contribution in [2.45, 2.75) is 26.8 Å². The number of aromatic nitrogens is 2. The van der Waals surface area contributed by atoms with Crippen LogP contribution in [0.5, 0.6) is 0 Å². The van der Waals surface area contributed by atoms with Crippen LogP contribution in [0.15, 0.2) is 48.9 Å². The van der Waals surface area contributed by atoms with Gasteiger partial charge in [-0.2, -0.15) is 0 Å². The number of hydrogen-bond acceptors (Lipinski definition) is 3. The van der Waals surface area contributed by atoms with Gasteiger partial charge in [-0.25, -0.2) is 0 Å². The fraction of sp³-hybridized carbons (Fsp3) is 0.350. The van der Waals surface area contributed by atoms with Crippen molar-refractivity contribution in [3.8, 4) is 11.1 Å². The van der Waals surface area contributed by atoms with E-state index in [0.717, 1.165) is 19.5 Å². The van der Waals surface area contributed by atoms with Crippen molar-refractivity contribution in [1.82, 2.24) is 14.3 Å². The molecule has 24 heavy (non-hydrogen) atoms. The predicted molar refractivity (Wildman–Crippen MR) is 105 cm³/mol. The number of fused-ring (bicyclic) bond motifs is 1. The average molecular weight is 340 g/mol. The van der Waals surface area contributed by atoms with Crippen LogP contribution in [0.4, 0.5) is 0 Å². The van der Waals surface area contributed by atoms with E-state index in [9.17, 15) is 0 Å². The summed E-state index contributed by atoms with van der Waals surface area (Å²) in [6.07, 6.45) is 9.17. The predicted octanol–water partition coefficient (Wildman–Crippen LogP) is 4.77. The third kappa shape index (κ3) is 3.82. The summed E-state index contributed by atoms with van der Waals surface area (Å²) in [6, 6.07) is 11.0. The molecular weight excluding hydrogens is 314 g/mol. The topological polar surface area (TPSA) is 29.9 Å². The summed E-state index contributed by atoms with van der Waals surface area (Å²) in [5.41, 5.74) is 5.22. The Morgan fingerprint density at radius 2 is 1.92 bits per heavy atom. The summed E-state index contributed by atoms with van der Waals surface area (Å²) >= 11 is 1.68. The SMILES string of the molecule is CSNCCc1cn(CC(C)C)c2cc(-c3ccncc3)ccc12.